The van der Waals surface area contributed by atoms with Gasteiger partial charge in [-0.1, -0.05) is 17.7 Å². The maximum absolute atomic E-state index is 10.7. The lowest BCUT2D eigenvalue weighted by Gasteiger charge is -2.30. The number of aryl methyl sites for hydroxylation is 3. The molecule has 1 amide bonds. The van der Waals surface area contributed by atoms with Crippen molar-refractivity contribution in [2.45, 2.75) is 58.6 Å². The van der Waals surface area contributed by atoms with Crippen molar-refractivity contribution < 1.29 is 9.53 Å². The van der Waals surface area contributed by atoms with Crippen LogP contribution in [0.15, 0.2) is 12.1 Å². The fourth-order valence-corrected chi connectivity index (χ4v) is 3.10. The molecule has 2 rings (SSSR count). The number of carbonyl (C=O) groups is 1. The number of carbonyl (C=O) groups excluding carboxylic acids is 1. The Kier molecular flexibility index (Phi) is 4.53. The van der Waals surface area contributed by atoms with Gasteiger partial charge in [0.05, 0.1) is 0 Å². The second-order valence-corrected chi connectivity index (χ2v) is 5.83. The molecule has 4 nitrogen and oxygen atoms in total. The summed E-state index contributed by atoms with van der Waals surface area (Å²) in [4.78, 5) is 10.7. The number of hydrogen-bond acceptors (Lipinski definition) is 3. The van der Waals surface area contributed by atoms with E-state index in [1.807, 2.05) is 0 Å². The van der Waals surface area contributed by atoms with E-state index >= 15 is 0 Å². The second kappa shape index (κ2) is 6.16. The zero-order chi connectivity index (χ0) is 14.7. The Morgan fingerprint density at radius 2 is 1.70 bits per heavy atom. The molecule has 0 spiro atoms. The minimum Gasteiger partial charge on any atom is -0.446 e. The first-order valence-corrected chi connectivity index (χ1v) is 7.26. The maximum Gasteiger partial charge on any atom is 0.404 e. The molecular formula is C16H24N2O2. The van der Waals surface area contributed by atoms with Crippen LogP contribution in [0.25, 0.3) is 0 Å². The highest BCUT2D eigenvalue weighted by Gasteiger charge is 2.23. The van der Waals surface area contributed by atoms with Crippen molar-refractivity contribution in [1.82, 2.24) is 0 Å². The van der Waals surface area contributed by atoms with Crippen LogP contribution >= 0.6 is 0 Å². The van der Waals surface area contributed by atoms with Crippen LogP contribution in [0.3, 0.4) is 0 Å². The topological polar surface area (TPSA) is 64.3 Å². The van der Waals surface area contributed by atoms with E-state index in [1.165, 1.54) is 22.4 Å². The number of primary amides is 1. The van der Waals surface area contributed by atoms with Crippen molar-refractivity contribution in [3.8, 4) is 0 Å². The van der Waals surface area contributed by atoms with Crippen LogP contribution in [-0.2, 0) is 4.74 Å². The number of amides is 1. The Labute approximate surface area is 120 Å². The van der Waals surface area contributed by atoms with Crippen molar-refractivity contribution in [2.75, 3.05) is 5.32 Å². The largest absolute Gasteiger partial charge is 0.446 e. The molecule has 1 aromatic rings. The van der Waals surface area contributed by atoms with E-state index in [1.54, 1.807) is 0 Å². The van der Waals surface area contributed by atoms with Crippen LogP contribution in [0.1, 0.15) is 42.4 Å². The van der Waals surface area contributed by atoms with Crippen LogP contribution in [-0.4, -0.2) is 18.2 Å². The van der Waals surface area contributed by atoms with Gasteiger partial charge >= 0.3 is 6.09 Å². The summed E-state index contributed by atoms with van der Waals surface area (Å²) in [6.45, 7) is 6.41. The molecule has 0 unspecified atom stereocenters. The molecule has 20 heavy (non-hydrogen) atoms. The molecule has 0 atom stereocenters. The van der Waals surface area contributed by atoms with Gasteiger partial charge in [-0.2, -0.15) is 0 Å². The van der Waals surface area contributed by atoms with Gasteiger partial charge in [0.15, 0.2) is 0 Å². The summed E-state index contributed by atoms with van der Waals surface area (Å²) in [5.41, 5.74) is 10.2. The Hall–Kier alpha value is -1.71. The summed E-state index contributed by atoms with van der Waals surface area (Å²) in [7, 11) is 0. The number of benzene rings is 1. The van der Waals surface area contributed by atoms with Gasteiger partial charge in [-0.05, 0) is 57.6 Å². The van der Waals surface area contributed by atoms with Gasteiger partial charge in [0.1, 0.15) is 6.10 Å². The van der Waals surface area contributed by atoms with E-state index in [2.05, 4.69) is 38.2 Å². The lowest BCUT2D eigenvalue weighted by Crippen LogP contribution is -2.32. The summed E-state index contributed by atoms with van der Waals surface area (Å²) in [6, 6.07) is 4.86. The monoisotopic (exact) mass is 276 g/mol. The molecule has 0 saturated heterocycles. The van der Waals surface area contributed by atoms with Gasteiger partial charge in [0.2, 0.25) is 0 Å². The molecule has 1 fully saturated rings. The van der Waals surface area contributed by atoms with Gasteiger partial charge in [-0.3, -0.25) is 0 Å². The summed E-state index contributed by atoms with van der Waals surface area (Å²) in [5, 5.41) is 3.65. The highest BCUT2D eigenvalue weighted by Crippen LogP contribution is 2.28. The molecule has 110 valence electrons. The lowest BCUT2D eigenvalue weighted by molar-refractivity contribution is 0.0806. The predicted octanol–water partition coefficient (Wildman–Crippen LogP) is 3.43. The number of rotatable bonds is 3. The first kappa shape index (κ1) is 14.7. The molecule has 1 aliphatic carbocycles. The van der Waals surface area contributed by atoms with Gasteiger partial charge in [0, 0.05) is 11.7 Å². The summed E-state index contributed by atoms with van der Waals surface area (Å²) >= 11 is 0. The highest BCUT2D eigenvalue weighted by atomic mass is 16.6. The average molecular weight is 276 g/mol. The van der Waals surface area contributed by atoms with Crippen LogP contribution in [0, 0.1) is 20.8 Å². The van der Waals surface area contributed by atoms with Gasteiger partial charge in [-0.15, -0.1) is 0 Å². The molecule has 0 heterocycles. The molecule has 0 bridgehead atoms. The minimum absolute atomic E-state index is 0.00855. The van der Waals surface area contributed by atoms with Crippen molar-refractivity contribution in [2.24, 2.45) is 5.73 Å². The summed E-state index contributed by atoms with van der Waals surface area (Å²) in [6.07, 6.45) is 3.10. The van der Waals surface area contributed by atoms with E-state index < -0.39 is 6.09 Å². The number of nitrogens with two attached hydrogens (primary N) is 1. The fourth-order valence-electron chi connectivity index (χ4n) is 3.10. The Balaban J connectivity index is 1.94. The smallest absolute Gasteiger partial charge is 0.404 e. The average Bonchev–Trinajstić information content (AvgIpc) is 2.35. The van der Waals surface area contributed by atoms with E-state index in [-0.39, 0.29) is 6.10 Å². The van der Waals surface area contributed by atoms with E-state index in [4.69, 9.17) is 10.5 Å². The Morgan fingerprint density at radius 1 is 1.15 bits per heavy atom. The molecule has 1 aromatic carbocycles. The Bertz CT molecular complexity index is 468. The van der Waals surface area contributed by atoms with Crippen molar-refractivity contribution in [3.63, 3.8) is 0 Å². The first-order chi connectivity index (χ1) is 9.45. The van der Waals surface area contributed by atoms with E-state index in [0.29, 0.717) is 6.04 Å². The molecule has 1 saturated carbocycles. The number of anilines is 1. The second-order valence-electron chi connectivity index (χ2n) is 5.83. The first-order valence-electron chi connectivity index (χ1n) is 7.26. The molecular weight excluding hydrogens is 252 g/mol. The molecule has 3 N–H and O–H groups in total. The standard InChI is InChI=1S/C16H24N2O2/c1-10-8-11(2)15(12(3)9-10)18-13-4-6-14(7-5-13)20-16(17)19/h8-9,13-14,18H,4-7H2,1-3H3,(H2,17,19). The summed E-state index contributed by atoms with van der Waals surface area (Å²) < 4.78 is 5.06. The van der Waals surface area contributed by atoms with Gasteiger partial charge < -0.3 is 15.8 Å². The van der Waals surface area contributed by atoms with Gasteiger partial charge in [0.25, 0.3) is 0 Å². The fraction of sp³-hybridized carbons (Fsp3) is 0.562. The van der Waals surface area contributed by atoms with Crippen LogP contribution < -0.4 is 11.1 Å². The molecule has 4 heteroatoms. The Morgan fingerprint density at radius 3 is 2.20 bits per heavy atom. The van der Waals surface area contributed by atoms with Crippen LogP contribution in [0.4, 0.5) is 10.5 Å². The number of ether oxygens (including phenoxy) is 1. The van der Waals surface area contributed by atoms with Crippen LogP contribution in [0.5, 0.6) is 0 Å². The highest BCUT2D eigenvalue weighted by molar-refractivity contribution is 5.64. The van der Waals surface area contributed by atoms with E-state index in [9.17, 15) is 4.79 Å². The molecule has 0 radical (unpaired) electrons. The number of nitrogens with one attached hydrogen (secondary N) is 1. The number of hydrogen-bond donors (Lipinski definition) is 2. The molecule has 0 aromatic heterocycles. The van der Waals surface area contributed by atoms with Crippen molar-refractivity contribution >= 4 is 11.8 Å². The SMILES string of the molecule is Cc1cc(C)c(NC2CCC(OC(N)=O)CC2)c(C)c1. The lowest BCUT2D eigenvalue weighted by atomic mass is 9.92. The quantitative estimate of drug-likeness (QED) is 0.889. The third-order valence-corrected chi connectivity index (χ3v) is 3.98. The van der Waals surface area contributed by atoms with Crippen LogP contribution in [0.2, 0.25) is 0 Å². The van der Waals surface area contributed by atoms with Crippen molar-refractivity contribution in [3.05, 3.63) is 28.8 Å². The molecule has 0 aliphatic heterocycles. The summed E-state index contributed by atoms with van der Waals surface area (Å²) in [5.74, 6) is 0. The normalized spacial score (nSPS) is 22.4. The zero-order valence-electron chi connectivity index (χ0n) is 12.5. The van der Waals surface area contributed by atoms with E-state index in [0.717, 1.165) is 25.7 Å². The molecule has 1 aliphatic rings. The zero-order valence-corrected chi connectivity index (χ0v) is 12.5. The van der Waals surface area contributed by atoms with Gasteiger partial charge in [-0.25, -0.2) is 4.79 Å². The maximum atomic E-state index is 10.7. The third-order valence-electron chi connectivity index (χ3n) is 3.98. The van der Waals surface area contributed by atoms with Crippen molar-refractivity contribution in [1.29, 1.82) is 0 Å². The predicted molar refractivity (Wildman–Crippen MR) is 81.0 cm³/mol. The third kappa shape index (κ3) is 3.65. The minimum atomic E-state index is -0.661.